The van der Waals surface area contributed by atoms with Crippen molar-refractivity contribution < 1.29 is 27.6 Å². The summed E-state index contributed by atoms with van der Waals surface area (Å²) >= 11 is 6.52. The molecule has 1 N–H and O–H groups in total. The lowest BCUT2D eigenvalue weighted by atomic mass is 10.0. The van der Waals surface area contributed by atoms with E-state index in [4.69, 9.17) is 11.6 Å². The van der Waals surface area contributed by atoms with Crippen molar-refractivity contribution >= 4 is 46.4 Å². The molecule has 0 fully saturated rings. The zero-order chi connectivity index (χ0) is 25.9. The second kappa shape index (κ2) is 10.4. The summed E-state index contributed by atoms with van der Waals surface area (Å²) in [5.41, 5.74) is -0.971. The van der Waals surface area contributed by atoms with Crippen LogP contribution in [0.1, 0.15) is 60.5 Å². The number of Topliss-reactive ketones (excluding diaryl/α,β-unsaturated/α-hetero) is 1. The number of carbonyl (C=O) groups excluding carboxylic acids is 3. The molecule has 0 spiro atoms. The van der Waals surface area contributed by atoms with Gasteiger partial charge in [-0.1, -0.05) is 18.5 Å². The molecule has 0 bridgehead atoms. The van der Waals surface area contributed by atoms with Gasteiger partial charge < -0.3 is 10.2 Å². The molecule has 1 atom stereocenters. The molecule has 9 nitrogen and oxygen atoms in total. The van der Waals surface area contributed by atoms with Crippen molar-refractivity contribution in [3.63, 3.8) is 0 Å². The van der Waals surface area contributed by atoms with Gasteiger partial charge in [-0.3, -0.25) is 14.4 Å². The van der Waals surface area contributed by atoms with Gasteiger partial charge in [0.2, 0.25) is 0 Å². The quantitative estimate of drug-likeness (QED) is 0.455. The topological polar surface area (TPSA) is 118 Å². The van der Waals surface area contributed by atoms with Gasteiger partial charge in [-0.05, 0) is 12.1 Å². The lowest BCUT2D eigenvalue weighted by molar-refractivity contribution is -0.137. The normalized spacial score (nSPS) is 12.2. The van der Waals surface area contributed by atoms with E-state index < -0.39 is 28.6 Å². The first kappa shape index (κ1) is 26.2. The van der Waals surface area contributed by atoms with E-state index in [1.807, 2.05) is 0 Å². The molecule has 3 heterocycles. The predicted octanol–water partition coefficient (Wildman–Crippen LogP) is 4.33. The summed E-state index contributed by atoms with van der Waals surface area (Å²) < 4.78 is 39.1. The Hall–Kier alpha value is -3.45. The van der Waals surface area contributed by atoms with Gasteiger partial charge in [-0.15, -0.1) is 11.3 Å². The molecule has 3 aromatic heterocycles. The van der Waals surface area contributed by atoms with Crippen LogP contribution in [0.5, 0.6) is 0 Å². The molecular formula is C21H18ClF3N6O3S. The Morgan fingerprint density at radius 2 is 1.77 bits per heavy atom. The number of thiazole rings is 1. The third-order valence-corrected chi connectivity index (χ3v) is 6.17. The van der Waals surface area contributed by atoms with Crippen LogP contribution in [0.2, 0.25) is 5.02 Å². The summed E-state index contributed by atoms with van der Waals surface area (Å²) in [7, 11) is 3.12. The third-order valence-electron chi connectivity index (χ3n) is 4.64. The van der Waals surface area contributed by atoms with Crippen LogP contribution in [0, 0.1) is 0 Å². The van der Waals surface area contributed by atoms with Crippen molar-refractivity contribution in [1.29, 1.82) is 0 Å². The molecule has 3 rings (SSSR count). The van der Waals surface area contributed by atoms with Crippen molar-refractivity contribution in [3.8, 4) is 0 Å². The van der Waals surface area contributed by atoms with Gasteiger partial charge in [0.1, 0.15) is 28.4 Å². The maximum atomic E-state index is 13.0. The Morgan fingerprint density at radius 3 is 2.43 bits per heavy atom. The van der Waals surface area contributed by atoms with E-state index >= 15 is 0 Å². The molecule has 3 aromatic rings. The molecule has 35 heavy (non-hydrogen) atoms. The van der Waals surface area contributed by atoms with Crippen LogP contribution in [-0.4, -0.2) is 56.5 Å². The lowest BCUT2D eigenvalue weighted by Gasteiger charge is -2.11. The minimum Gasteiger partial charge on any atom is -0.343 e. The number of nitrogens with zero attached hydrogens (tertiary/aromatic N) is 5. The molecule has 2 amide bonds. The standard InChI is InChI=1S/C21H18ClF3N6O3S/c1-10(4-15(32)13-6-14(29-9-28-13)20(34)31(2)3)19-27-8-16(35-19)18(33)30-17-5-11(21(23,24)25)12(22)7-26-17/h5-10H,4H2,1-3H3,(H,26,30,33). The van der Waals surface area contributed by atoms with Crippen LogP contribution < -0.4 is 5.32 Å². The van der Waals surface area contributed by atoms with Gasteiger partial charge in [0.25, 0.3) is 11.8 Å². The number of amides is 2. The number of halogens is 4. The SMILES string of the molecule is CC(CC(=O)c1cc(C(=O)N(C)C)ncn1)c1ncc(C(=O)Nc2cc(C(F)(F)F)c(Cl)cn2)s1. The fourth-order valence-electron chi connectivity index (χ4n) is 2.85. The number of nitrogens with one attached hydrogen (secondary N) is 1. The first-order valence-electron chi connectivity index (χ1n) is 9.93. The maximum absolute atomic E-state index is 13.0. The highest BCUT2D eigenvalue weighted by Crippen LogP contribution is 2.35. The first-order chi connectivity index (χ1) is 16.4. The average Bonchev–Trinajstić information content (AvgIpc) is 3.30. The third kappa shape index (κ3) is 6.36. The zero-order valence-corrected chi connectivity index (χ0v) is 20.1. The fraction of sp³-hybridized carbons (Fsp3) is 0.286. The molecule has 184 valence electrons. The molecule has 0 aliphatic carbocycles. The number of ketones is 1. The number of hydrogen-bond donors (Lipinski definition) is 1. The van der Waals surface area contributed by atoms with Gasteiger partial charge in [0.05, 0.1) is 21.8 Å². The Morgan fingerprint density at radius 1 is 1.09 bits per heavy atom. The van der Waals surface area contributed by atoms with E-state index in [1.54, 1.807) is 21.0 Å². The highest BCUT2D eigenvalue weighted by atomic mass is 35.5. The Bertz CT molecular complexity index is 1280. The molecule has 0 aliphatic heterocycles. The monoisotopic (exact) mass is 526 g/mol. The Balaban J connectivity index is 1.68. The van der Waals surface area contributed by atoms with E-state index in [-0.39, 0.29) is 40.2 Å². The summed E-state index contributed by atoms with van der Waals surface area (Å²) in [4.78, 5) is 54.3. The lowest BCUT2D eigenvalue weighted by Crippen LogP contribution is -2.23. The molecule has 0 saturated carbocycles. The second-order valence-corrected chi connectivity index (χ2v) is 9.05. The van der Waals surface area contributed by atoms with E-state index in [0.29, 0.717) is 11.1 Å². The van der Waals surface area contributed by atoms with Crippen LogP contribution >= 0.6 is 22.9 Å². The van der Waals surface area contributed by atoms with E-state index in [9.17, 15) is 27.6 Å². The van der Waals surface area contributed by atoms with E-state index in [2.05, 4.69) is 25.3 Å². The summed E-state index contributed by atoms with van der Waals surface area (Å²) in [6.45, 7) is 1.72. The minimum atomic E-state index is -4.71. The van der Waals surface area contributed by atoms with Gasteiger partial charge in [0, 0.05) is 32.6 Å². The van der Waals surface area contributed by atoms with Crippen LogP contribution in [0.4, 0.5) is 19.0 Å². The fourth-order valence-corrected chi connectivity index (χ4v) is 3.92. The summed E-state index contributed by atoms with van der Waals surface area (Å²) in [6.07, 6.45) is -1.51. The van der Waals surface area contributed by atoms with Crippen molar-refractivity contribution in [2.45, 2.75) is 25.4 Å². The van der Waals surface area contributed by atoms with Crippen molar-refractivity contribution in [2.24, 2.45) is 0 Å². The summed E-state index contributed by atoms with van der Waals surface area (Å²) in [6, 6.07) is 1.95. The number of pyridine rings is 1. The van der Waals surface area contributed by atoms with E-state index in [0.717, 1.165) is 23.9 Å². The number of carbonyl (C=O) groups is 3. The van der Waals surface area contributed by atoms with Crippen molar-refractivity contribution in [1.82, 2.24) is 24.8 Å². The summed E-state index contributed by atoms with van der Waals surface area (Å²) in [5.74, 6) is -2.15. The number of aromatic nitrogens is 4. The number of anilines is 1. The molecule has 0 aliphatic rings. The number of hydrogen-bond acceptors (Lipinski definition) is 8. The molecule has 0 saturated heterocycles. The average molecular weight is 527 g/mol. The highest BCUT2D eigenvalue weighted by molar-refractivity contribution is 7.13. The maximum Gasteiger partial charge on any atom is 0.418 e. The Labute approximate surface area is 206 Å². The predicted molar refractivity (Wildman–Crippen MR) is 122 cm³/mol. The van der Waals surface area contributed by atoms with Crippen LogP contribution in [0.3, 0.4) is 0 Å². The molecule has 0 aromatic carbocycles. The van der Waals surface area contributed by atoms with Gasteiger partial charge in [-0.25, -0.2) is 19.9 Å². The zero-order valence-electron chi connectivity index (χ0n) is 18.6. The van der Waals surface area contributed by atoms with Crippen molar-refractivity contribution in [3.05, 3.63) is 62.7 Å². The van der Waals surface area contributed by atoms with Crippen molar-refractivity contribution in [2.75, 3.05) is 19.4 Å². The van der Waals surface area contributed by atoms with Crippen LogP contribution in [0.25, 0.3) is 0 Å². The minimum absolute atomic E-state index is 0.00510. The largest absolute Gasteiger partial charge is 0.418 e. The van der Waals surface area contributed by atoms with Crippen LogP contribution in [0.15, 0.2) is 30.9 Å². The molecular weight excluding hydrogens is 509 g/mol. The summed E-state index contributed by atoms with van der Waals surface area (Å²) in [5, 5.41) is 2.16. The van der Waals surface area contributed by atoms with Crippen LogP contribution in [-0.2, 0) is 6.18 Å². The van der Waals surface area contributed by atoms with Gasteiger partial charge >= 0.3 is 6.18 Å². The number of alkyl halides is 3. The Kier molecular flexibility index (Phi) is 7.80. The second-order valence-electron chi connectivity index (χ2n) is 7.58. The van der Waals surface area contributed by atoms with Gasteiger partial charge in [0.15, 0.2) is 5.78 Å². The van der Waals surface area contributed by atoms with Gasteiger partial charge in [-0.2, -0.15) is 13.2 Å². The first-order valence-corrected chi connectivity index (χ1v) is 11.1. The smallest absolute Gasteiger partial charge is 0.343 e. The number of rotatable bonds is 7. The molecule has 0 radical (unpaired) electrons. The molecule has 14 heteroatoms. The van der Waals surface area contributed by atoms with E-state index in [1.165, 1.54) is 17.2 Å². The molecule has 1 unspecified atom stereocenters. The highest BCUT2D eigenvalue weighted by Gasteiger charge is 2.34.